The Balaban J connectivity index is 1.33. The fraction of sp³-hybridized carbons (Fsp3) is 0.409. The van der Waals surface area contributed by atoms with Crippen LogP contribution in [0.15, 0.2) is 54.6 Å². The van der Waals surface area contributed by atoms with Crippen molar-refractivity contribution < 1.29 is 4.74 Å². The molecule has 2 aromatic rings. The first-order valence-electron chi connectivity index (χ1n) is 9.43. The first kappa shape index (κ1) is 17.8. The van der Waals surface area contributed by atoms with Crippen LogP contribution in [0.4, 0.5) is 5.69 Å². The van der Waals surface area contributed by atoms with Gasteiger partial charge in [-0.2, -0.15) is 0 Å². The highest BCUT2D eigenvalue weighted by Gasteiger charge is 2.50. The maximum atomic E-state index is 6.14. The number of halogens is 1. The third kappa shape index (κ3) is 3.74. The summed E-state index contributed by atoms with van der Waals surface area (Å²) in [6.07, 6.45) is 7.58. The molecule has 0 aromatic heterocycles. The standard InChI is InChI=1S/C22H24ClNOS/c23-18-7-4-8-19(15-18)24-21(26)25-20-11-14-22(20)12-9-17(10-13-22)16-5-2-1-3-6-16/h1-8,15,17,20H,9-14H2,(H,24,26). The summed E-state index contributed by atoms with van der Waals surface area (Å²) in [6, 6.07) is 18.5. The maximum absolute atomic E-state index is 6.14. The molecule has 2 aromatic carbocycles. The summed E-state index contributed by atoms with van der Waals surface area (Å²) in [6.45, 7) is 0. The summed E-state index contributed by atoms with van der Waals surface area (Å²) in [5.74, 6) is 0.694. The molecule has 26 heavy (non-hydrogen) atoms. The predicted molar refractivity (Wildman–Crippen MR) is 112 cm³/mol. The van der Waals surface area contributed by atoms with Crippen LogP contribution in [0.2, 0.25) is 5.02 Å². The van der Waals surface area contributed by atoms with Crippen molar-refractivity contribution in [2.45, 2.75) is 50.5 Å². The lowest BCUT2D eigenvalue weighted by Gasteiger charge is -2.52. The molecule has 1 spiro atoms. The number of ether oxygens (including phenoxy) is 1. The molecule has 1 atom stereocenters. The first-order chi connectivity index (χ1) is 12.6. The van der Waals surface area contributed by atoms with E-state index in [2.05, 4.69) is 35.6 Å². The van der Waals surface area contributed by atoms with Crippen LogP contribution in [0.3, 0.4) is 0 Å². The molecule has 0 aliphatic heterocycles. The molecule has 0 amide bonds. The highest BCUT2D eigenvalue weighted by Crippen LogP contribution is 2.55. The van der Waals surface area contributed by atoms with Crippen LogP contribution >= 0.6 is 23.8 Å². The largest absolute Gasteiger partial charge is 0.467 e. The van der Waals surface area contributed by atoms with E-state index in [0.717, 1.165) is 12.1 Å². The number of anilines is 1. The van der Waals surface area contributed by atoms with E-state index >= 15 is 0 Å². The summed E-state index contributed by atoms with van der Waals surface area (Å²) in [5, 5.41) is 4.31. The summed E-state index contributed by atoms with van der Waals surface area (Å²) in [7, 11) is 0. The minimum Gasteiger partial charge on any atom is -0.467 e. The maximum Gasteiger partial charge on any atom is 0.261 e. The van der Waals surface area contributed by atoms with Crippen molar-refractivity contribution in [3.8, 4) is 0 Å². The SMILES string of the molecule is S=C(Nc1cccc(Cl)c1)OC1CCC12CCC(c1ccccc1)CC2. The molecule has 0 radical (unpaired) electrons. The van der Waals surface area contributed by atoms with Gasteiger partial charge in [-0.05, 0) is 80.4 Å². The number of rotatable bonds is 3. The number of nitrogens with one attached hydrogen (secondary N) is 1. The van der Waals surface area contributed by atoms with Gasteiger partial charge in [0.15, 0.2) is 0 Å². The Morgan fingerprint density at radius 3 is 2.38 bits per heavy atom. The second-order valence-electron chi connectivity index (χ2n) is 7.62. The van der Waals surface area contributed by atoms with Crippen molar-refractivity contribution in [2.75, 3.05) is 5.32 Å². The van der Waals surface area contributed by atoms with Gasteiger partial charge in [-0.1, -0.05) is 48.0 Å². The van der Waals surface area contributed by atoms with Crippen LogP contribution < -0.4 is 5.32 Å². The van der Waals surface area contributed by atoms with E-state index in [1.807, 2.05) is 24.3 Å². The highest BCUT2D eigenvalue weighted by molar-refractivity contribution is 7.80. The average molecular weight is 386 g/mol. The van der Waals surface area contributed by atoms with Gasteiger partial charge in [-0.25, -0.2) is 0 Å². The molecule has 1 unspecified atom stereocenters. The van der Waals surface area contributed by atoms with Crippen LogP contribution in [-0.4, -0.2) is 11.3 Å². The normalized spacial score (nSPS) is 27.6. The molecule has 2 nitrogen and oxygen atoms in total. The number of hydrogen-bond acceptors (Lipinski definition) is 2. The van der Waals surface area contributed by atoms with E-state index < -0.39 is 0 Å². The Morgan fingerprint density at radius 2 is 1.73 bits per heavy atom. The molecule has 2 aliphatic carbocycles. The zero-order valence-electron chi connectivity index (χ0n) is 14.8. The molecule has 0 bridgehead atoms. The smallest absolute Gasteiger partial charge is 0.261 e. The summed E-state index contributed by atoms with van der Waals surface area (Å²) in [4.78, 5) is 0. The number of hydrogen-bond donors (Lipinski definition) is 1. The predicted octanol–water partition coefficient (Wildman–Crippen LogP) is 6.56. The van der Waals surface area contributed by atoms with E-state index in [-0.39, 0.29) is 6.10 Å². The van der Waals surface area contributed by atoms with Gasteiger partial charge in [0.1, 0.15) is 6.10 Å². The van der Waals surface area contributed by atoms with Gasteiger partial charge in [0.05, 0.1) is 0 Å². The Morgan fingerprint density at radius 1 is 1.00 bits per heavy atom. The molecule has 4 rings (SSSR count). The van der Waals surface area contributed by atoms with E-state index in [0.29, 0.717) is 21.5 Å². The highest BCUT2D eigenvalue weighted by atomic mass is 35.5. The molecule has 2 fully saturated rings. The summed E-state index contributed by atoms with van der Waals surface area (Å²) >= 11 is 11.5. The topological polar surface area (TPSA) is 21.3 Å². The molecule has 4 heteroatoms. The lowest BCUT2D eigenvalue weighted by molar-refractivity contribution is -0.0789. The summed E-state index contributed by atoms with van der Waals surface area (Å²) < 4.78 is 6.14. The average Bonchev–Trinajstić information content (AvgIpc) is 2.66. The fourth-order valence-corrected chi connectivity index (χ4v) is 4.94. The third-order valence-electron chi connectivity index (χ3n) is 6.16. The summed E-state index contributed by atoms with van der Waals surface area (Å²) in [5.41, 5.74) is 2.69. The third-order valence-corrected chi connectivity index (χ3v) is 6.59. The van der Waals surface area contributed by atoms with Gasteiger partial charge < -0.3 is 10.1 Å². The van der Waals surface area contributed by atoms with Crippen molar-refractivity contribution in [3.63, 3.8) is 0 Å². The van der Waals surface area contributed by atoms with Crippen LogP contribution in [-0.2, 0) is 4.74 Å². The van der Waals surface area contributed by atoms with E-state index in [1.54, 1.807) is 0 Å². The number of thiocarbonyl (C=S) groups is 1. The minimum absolute atomic E-state index is 0.249. The van der Waals surface area contributed by atoms with Crippen molar-refractivity contribution >= 4 is 34.7 Å². The van der Waals surface area contributed by atoms with Gasteiger partial charge in [-0.15, -0.1) is 0 Å². The minimum atomic E-state index is 0.249. The first-order valence-corrected chi connectivity index (χ1v) is 10.2. The van der Waals surface area contributed by atoms with E-state index in [9.17, 15) is 0 Å². The molecule has 2 saturated carbocycles. The Bertz CT molecular complexity index is 771. The van der Waals surface area contributed by atoms with Crippen LogP contribution in [0.25, 0.3) is 0 Å². The van der Waals surface area contributed by atoms with E-state index in [4.69, 9.17) is 28.6 Å². The van der Waals surface area contributed by atoms with Crippen LogP contribution in [0, 0.1) is 5.41 Å². The number of benzene rings is 2. The molecular weight excluding hydrogens is 362 g/mol. The van der Waals surface area contributed by atoms with Gasteiger partial charge in [0, 0.05) is 16.1 Å². The van der Waals surface area contributed by atoms with Crippen molar-refractivity contribution in [1.29, 1.82) is 0 Å². The lowest BCUT2D eigenvalue weighted by atomic mass is 9.56. The monoisotopic (exact) mass is 385 g/mol. The Hall–Kier alpha value is -1.58. The zero-order chi connectivity index (χ0) is 18.0. The molecule has 0 saturated heterocycles. The van der Waals surface area contributed by atoms with Crippen molar-refractivity contribution in [3.05, 3.63) is 65.2 Å². The molecule has 0 heterocycles. The van der Waals surface area contributed by atoms with Crippen LogP contribution in [0.5, 0.6) is 0 Å². The second kappa shape index (κ2) is 7.58. The lowest BCUT2D eigenvalue weighted by Crippen LogP contribution is -2.49. The molecular formula is C22H24ClNOS. The van der Waals surface area contributed by atoms with Gasteiger partial charge in [0.25, 0.3) is 5.17 Å². The van der Waals surface area contributed by atoms with Crippen molar-refractivity contribution in [1.82, 2.24) is 0 Å². The van der Waals surface area contributed by atoms with Gasteiger partial charge in [-0.3, -0.25) is 0 Å². The molecule has 136 valence electrons. The van der Waals surface area contributed by atoms with Gasteiger partial charge in [0.2, 0.25) is 0 Å². The molecule has 2 aliphatic rings. The van der Waals surface area contributed by atoms with Gasteiger partial charge >= 0.3 is 0 Å². The second-order valence-corrected chi connectivity index (χ2v) is 8.42. The van der Waals surface area contributed by atoms with Crippen molar-refractivity contribution in [2.24, 2.45) is 5.41 Å². The Labute approximate surface area is 165 Å². The zero-order valence-corrected chi connectivity index (χ0v) is 16.4. The quantitative estimate of drug-likeness (QED) is 0.604. The molecule has 1 N–H and O–H groups in total. The van der Waals surface area contributed by atoms with E-state index in [1.165, 1.54) is 37.7 Å². The Kier molecular flexibility index (Phi) is 5.19. The van der Waals surface area contributed by atoms with Crippen LogP contribution in [0.1, 0.15) is 50.0 Å². The fourth-order valence-electron chi connectivity index (χ4n) is 4.52.